The number of rotatable bonds is 6. The van der Waals surface area contributed by atoms with Gasteiger partial charge in [0.15, 0.2) is 0 Å². The van der Waals surface area contributed by atoms with Crippen molar-refractivity contribution in [1.29, 1.82) is 0 Å². The maximum Gasteiger partial charge on any atom is 0.109 e. The SMILES string of the molecule is BrCCC1(Br)C=C(Br)C=C(Br)C1OC1C(Br)=CC(Br)=CC1(Br)CCBr. The zero-order valence-electron chi connectivity index (χ0n) is 12.7. The Morgan fingerprint density at radius 1 is 0.760 bits per heavy atom. The van der Waals surface area contributed by atoms with E-state index in [9.17, 15) is 0 Å². The summed E-state index contributed by atoms with van der Waals surface area (Å²) in [5, 5.41) is 1.73. The van der Waals surface area contributed by atoms with Crippen LogP contribution in [0.1, 0.15) is 12.8 Å². The molecule has 0 amide bonds. The molecule has 2 aliphatic carbocycles. The lowest BCUT2D eigenvalue weighted by Crippen LogP contribution is -2.48. The van der Waals surface area contributed by atoms with E-state index in [-0.39, 0.29) is 20.9 Å². The average Bonchev–Trinajstić information content (AvgIpc) is 2.44. The van der Waals surface area contributed by atoms with Gasteiger partial charge in [0.05, 0.1) is 8.65 Å². The summed E-state index contributed by atoms with van der Waals surface area (Å²) in [5.74, 6) is 0. The predicted octanol–water partition coefficient (Wildman–Crippen LogP) is 8.72. The molecule has 0 radical (unpaired) electrons. The van der Waals surface area contributed by atoms with Gasteiger partial charge in [-0.15, -0.1) is 0 Å². The number of hydrogen-bond donors (Lipinski definition) is 0. The lowest BCUT2D eigenvalue weighted by molar-refractivity contribution is 0.0116. The van der Waals surface area contributed by atoms with Crippen LogP contribution in [0, 0.1) is 0 Å². The maximum absolute atomic E-state index is 6.69. The van der Waals surface area contributed by atoms with Gasteiger partial charge in [0.1, 0.15) is 12.2 Å². The number of alkyl halides is 4. The van der Waals surface area contributed by atoms with E-state index in [1.807, 2.05) is 12.2 Å². The van der Waals surface area contributed by atoms with Crippen LogP contribution in [-0.4, -0.2) is 31.5 Å². The summed E-state index contributed by atoms with van der Waals surface area (Å²) in [5.41, 5.74) is 0. The van der Waals surface area contributed by atoms with Crippen molar-refractivity contribution < 1.29 is 4.74 Å². The van der Waals surface area contributed by atoms with E-state index in [4.69, 9.17) is 4.74 Å². The van der Waals surface area contributed by atoms with Crippen molar-refractivity contribution in [3.8, 4) is 0 Å². The fraction of sp³-hybridized carbons (Fsp3) is 0.500. The van der Waals surface area contributed by atoms with Gasteiger partial charge in [-0.05, 0) is 25.0 Å². The second-order valence-electron chi connectivity index (χ2n) is 5.74. The van der Waals surface area contributed by atoms with Gasteiger partial charge in [-0.2, -0.15) is 0 Å². The number of allylic oxidation sites excluding steroid dienone is 4. The van der Waals surface area contributed by atoms with Gasteiger partial charge in [-0.1, -0.05) is 140 Å². The van der Waals surface area contributed by atoms with Crippen LogP contribution in [0.25, 0.3) is 0 Å². The standard InChI is InChI=1S/C16H14Br8O/c17-3-1-15(23)7-9(19)5-11(21)13(15)25-14-12(22)6-10(20)8-16(14,24)2-4-18/h5-8,13-14H,1-4H2. The van der Waals surface area contributed by atoms with E-state index in [0.29, 0.717) is 0 Å². The molecule has 0 aromatic carbocycles. The van der Waals surface area contributed by atoms with Crippen LogP contribution in [0.4, 0.5) is 0 Å². The summed E-state index contributed by atoms with van der Waals surface area (Å²) in [6.45, 7) is 0. The van der Waals surface area contributed by atoms with E-state index in [2.05, 4.69) is 140 Å². The van der Waals surface area contributed by atoms with Crippen LogP contribution in [0.3, 0.4) is 0 Å². The topological polar surface area (TPSA) is 9.23 Å². The molecule has 0 aromatic heterocycles. The lowest BCUT2D eigenvalue weighted by Gasteiger charge is -2.43. The molecule has 9 heteroatoms. The molecule has 4 atom stereocenters. The first kappa shape index (κ1) is 24.0. The van der Waals surface area contributed by atoms with Gasteiger partial charge < -0.3 is 4.74 Å². The first-order valence-electron chi connectivity index (χ1n) is 7.31. The number of hydrogen-bond acceptors (Lipinski definition) is 1. The van der Waals surface area contributed by atoms with E-state index in [1.54, 1.807) is 0 Å². The Morgan fingerprint density at radius 2 is 1.12 bits per heavy atom. The molecule has 0 bridgehead atoms. The quantitative estimate of drug-likeness (QED) is 0.243. The molecular weight excluding hydrogens is 847 g/mol. The van der Waals surface area contributed by atoms with Crippen LogP contribution >= 0.6 is 127 Å². The number of ether oxygens (including phenoxy) is 1. The first-order valence-corrected chi connectivity index (χ1v) is 14.3. The van der Waals surface area contributed by atoms with Crippen molar-refractivity contribution in [2.24, 2.45) is 0 Å². The molecule has 0 fully saturated rings. The van der Waals surface area contributed by atoms with Crippen molar-refractivity contribution >= 4 is 127 Å². The smallest absolute Gasteiger partial charge is 0.109 e. The van der Waals surface area contributed by atoms with Crippen LogP contribution in [0.2, 0.25) is 0 Å². The van der Waals surface area contributed by atoms with Crippen molar-refractivity contribution in [2.75, 3.05) is 10.7 Å². The minimum absolute atomic E-state index is 0.158. The molecular formula is C16H14Br8O. The first-order chi connectivity index (χ1) is 11.6. The highest BCUT2D eigenvalue weighted by atomic mass is 79.9. The van der Waals surface area contributed by atoms with Gasteiger partial charge in [0.25, 0.3) is 0 Å². The largest absolute Gasteiger partial charge is 0.361 e. The Hall–Kier alpha value is 2.76. The van der Waals surface area contributed by atoms with Gasteiger partial charge in [-0.25, -0.2) is 0 Å². The Labute approximate surface area is 215 Å². The highest BCUT2D eigenvalue weighted by Crippen LogP contribution is 2.48. The van der Waals surface area contributed by atoms with Crippen molar-refractivity contribution in [3.05, 3.63) is 42.2 Å². The molecule has 0 aliphatic heterocycles. The zero-order valence-corrected chi connectivity index (χ0v) is 25.4. The van der Waals surface area contributed by atoms with Crippen molar-refractivity contribution in [1.82, 2.24) is 0 Å². The normalized spacial score (nSPS) is 35.7. The molecule has 2 aliphatic rings. The third-order valence-electron chi connectivity index (χ3n) is 3.91. The van der Waals surface area contributed by atoms with Gasteiger partial charge >= 0.3 is 0 Å². The molecule has 25 heavy (non-hydrogen) atoms. The van der Waals surface area contributed by atoms with Gasteiger partial charge in [-0.3, -0.25) is 0 Å². The number of halogens is 8. The Balaban J connectivity index is 2.38. The molecule has 0 aromatic rings. The van der Waals surface area contributed by atoms with Crippen LogP contribution < -0.4 is 0 Å². The summed E-state index contributed by atoms with van der Waals surface area (Å²) in [6.07, 6.45) is 9.88. The zero-order chi connectivity index (χ0) is 18.8. The van der Waals surface area contributed by atoms with E-state index in [1.165, 1.54) is 0 Å². The fourth-order valence-corrected chi connectivity index (χ4v) is 11.4. The monoisotopic (exact) mass is 853 g/mol. The minimum Gasteiger partial charge on any atom is -0.361 e. The average molecular weight is 862 g/mol. The van der Waals surface area contributed by atoms with Crippen molar-refractivity contribution in [3.63, 3.8) is 0 Å². The van der Waals surface area contributed by atoms with E-state index >= 15 is 0 Å². The van der Waals surface area contributed by atoms with E-state index < -0.39 is 0 Å². The van der Waals surface area contributed by atoms with Crippen LogP contribution in [-0.2, 0) is 4.74 Å². The predicted molar refractivity (Wildman–Crippen MR) is 137 cm³/mol. The summed E-state index contributed by atoms with van der Waals surface area (Å²) >= 11 is 29.6. The third kappa shape index (κ3) is 5.89. The van der Waals surface area contributed by atoms with Gasteiger partial charge in [0, 0.05) is 28.6 Å². The molecule has 140 valence electrons. The second-order valence-corrected chi connectivity index (χ2v) is 13.9. The summed E-state index contributed by atoms with van der Waals surface area (Å²) in [6, 6.07) is 0. The Kier molecular flexibility index (Phi) is 9.79. The molecule has 0 saturated carbocycles. The highest BCUT2D eigenvalue weighted by Gasteiger charge is 2.46. The van der Waals surface area contributed by atoms with Crippen LogP contribution in [0.5, 0.6) is 0 Å². The lowest BCUT2D eigenvalue weighted by atomic mass is 9.91. The summed E-state index contributed by atoms with van der Waals surface area (Å²) in [7, 11) is 0. The van der Waals surface area contributed by atoms with Gasteiger partial charge in [0.2, 0.25) is 0 Å². The second kappa shape index (κ2) is 10.2. The molecule has 0 heterocycles. The Bertz CT molecular complexity index is 586. The van der Waals surface area contributed by atoms with Crippen molar-refractivity contribution in [2.45, 2.75) is 33.7 Å². The third-order valence-corrected chi connectivity index (χ3v) is 8.99. The van der Waals surface area contributed by atoms with Crippen LogP contribution in [0.15, 0.2) is 42.2 Å². The fourth-order valence-electron chi connectivity index (χ4n) is 2.75. The minimum atomic E-state index is -0.309. The Morgan fingerprint density at radius 3 is 1.44 bits per heavy atom. The molecule has 1 nitrogen and oxygen atoms in total. The molecule has 4 unspecified atom stereocenters. The summed E-state index contributed by atoms with van der Waals surface area (Å²) in [4.78, 5) is 0. The molecule has 0 N–H and O–H groups in total. The van der Waals surface area contributed by atoms with E-state index in [0.717, 1.165) is 41.4 Å². The molecule has 2 rings (SSSR count). The molecule has 0 spiro atoms. The highest BCUT2D eigenvalue weighted by molar-refractivity contribution is 9.13. The summed E-state index contributed by atoms with van der Waals surface area (Å²) < 4.78 is 10.1. The molecule has 0 saturated heterocycles. The maximum atomic E-state index is 6.69.